The van der Waals surface area contributed by atoms with E-state index in [-0.39, 0.29) is 31.9 Å². The van der Waals surface area contributed by atoms with Crippen LogP contribution in [0.1, 0.15) is 0 Å². The highest BCUT2D eigenvalue weighted by Gasteiger charge is 2.28. The normalized spacial score (nSPS) is 18.6. The van der Waals surface area contributed by atoms with Crippen molar-refractivity contribution < 1.29 is 18.3 Å². The van der Waals surface area contributed by atoms with Crippen LogP contribution in [0.25, 0.3) is 0 Å². The molecule has 1 aliphatic rings. The molecule has 1 aliphatic heterocycles. The van der Waals surface area contributed by atoms with E-state index in [0.29, 0.717) is 6.54 Å². The lowest BCUT2D eigenvalue weighted by molar-refractivity contribution is 0.126. The summed E-state index contributed by atoms with van der Waals surface area (Å²) in [5.41, 5.74) is 0. The van der Waals surface area contributed by atoms with Crippen molar-refractivity contribution in [1.82, 2.24) is 14.1 Å². The van der Waals surface area contributed by atoms with E-state index >= 15 is 0 Å². The fraction of sp³-hybridized carbons (Fsp3) is 0.889. The maximum Gasteiger partial charge on any atom is 0.407 e. The highest BCUT2D eigenvalue weighted by molar-refractivity contribution is 7.89. The van der Waals surface area contributed by atoms with E-state index in [2.05, 4.69) is 0 Å². The van der Waals surface area contributed by atoms with Gasteiger partial charge in [-0.1, -0.05) is 0 Å². The van der Waals surface area contributed by atoms with Crippen LogP contribution in [0.3, 0.4) is 0 Å². The van der Waals surface area contributed by atoms with Crippen LogP contribution in [0, 0.1) is 0 Å². The van der Waals surface area contributed by atoms with Gasteiger partial charge in [0.05, 0.1) is 5.75 Å². The zero-order chi connectivity index (χ0) is 13.1. The first-order chi connectivity index (χ1) is 7.83. The number of hydrogen-bond donors (Lipinski definition) is 1. The fourth-order valence-electron chi connectivity index (χ4n) is 1.58. The van der Waals surface area contributed by atoms with Gasteiger partial charge in [-0.15, -0.1) is 0 Å². The maximum atomic E-state index is 11.9. The first-order valence-electron chi connectivity index (χ1n) is 5.43. The van der Waals surface area contributed by atoms with E-state index in [0.717, 1.165) is 0 Å². The molecule has 17 heavy (non-hydrogen) atoms. The summed E-state index contributed by atoms with van der Waals surface area (Å²) in [6, 6.07) is 0. The van der Waals surface area contributed by atoms with Gasteiger partial charge in [0.2, 0.25) is 10.0 Å². The monoisotopic (exact) mass is 265 g/mol. The molecular weight excluding hydrogens is 246 g/mol. The molecule has 0 aromatic carbocycles. The molecule has 1 heterocycles. The molecule has 1 amide bonds. The summed E-state index contributed by atoms with van der Waals surface area (Å²) in [4.78, 5) is 13.7. The second-order valence-corrected chi connectivity index (χ2v) is 6.38. The molecular formula is C9H19N3O4S. The minimum Gasteiger partial charge on any atom is -0.465 e. The Kier molecular flexibility index (Phi) is 4.72. The van der Waals surface area contributed by atoms with Gasteiger partial charge in [-0.2, -0.15) is 4.31 Å². The number of hydrogen-bond acceptors (Lipinski definition) is 4. The summed E-state index contributed by atoms with van der Waals surface area (Å²) in [7, 11) is 0.379. The van der Waals surface area contributed by atoms with Crippen LogP contribution in [-0.2, 0) is 10.0 Å². The van der Waals surface area contributed by atoms with E-state index < -0.39 is 16.1 Å². The number of piperazine rings is 1. The Bertz CT molecular complexity index is 360. The molecule has 1 fully saturated rings. The minimum absolute atomic E-state index is 0.0765. The molecule has 0 bridgehead atoms. The number of carbonyl (C=O) groups is 1. The second-order valence-electron chi connectivity index (χ2n) is 4.29. The average Bonchev–Trinajstić information content (AvgIpc) is 2.27. The molecule has 0 radical (unpaired) electrons. The van der Waals surface area contributed by atoms with Crippen molar-refractivity contribution >= 4 is 16.1 Å². The van der Waals surface area contributed by atoms with Gasteiger partial charge in [0.25, 0.3) is 0 Å². The second kappa shape index (κ2) is 5.65. The van der Waals surface area contributed by atoms with Gasteiger partial charge in [-0.3, -0.25) is 0 Å². The van der Waals surface area contributed by atoms with E-state index in [1.165, 1.54) is 9.21 Å². The number of amides is 1. The van der Waals surface area contributed by atoms with Crippen molar-refractivity contribution in [1.29, 1.82) is 0 Å². The van der Waals surface area contributed by atoms with Crippen LogP contribution in [0.2, 0.25) is 0 Å². The predicted octanol–water partition coefficient (Wildman–Crippen LogP) is -0.827. The van der Waals surface area contributed by atoms with Gasteiger partial charge in [0.1, 0.15) is 0 Å². The Hall–Kier alpha value is -0.860. The van der Waals surface area contributed by atoms with Gasteiger partial charge in [0, 0.05) is 32.7 Å². The predicted molar refractivity (Wildman–Crippen MR) is 63.5 cm³/mol. The first-order valence-corrected chi connectivity index (χ1v) is 7.04. The quantitative estimate of drug-likeness (QED) is 0.718. The fourth-order valence-corrected chi connectivity index (χ4v) is 3.16. The lowest BCUT2D eigenvalue weighted by Gasteiger charge is -2.32. The zero-order valence-electron chi connectivity index (χ0n) is 10.2. The average molecular weight is 265 g/mol. The molecule has 0 aromatic heterocycles. The van der Waals surface area contributed by atoms with Crippen LogP contribution < -0.4 is 0 Å². The van der Waals surface area contributed by atoms with Crippen LogP contribution in [0.15, 0.2) is 0 Å². The third-order valence-electron chi connectivity index (χ3n) is 2.70. The number of nitrogens with zero attached hydrogens (tertiary/aromatic N) is 3. The molecule has 1 rings (SSSR count). The Labute approximate surface area is 102 Å². The minimum atomic E-state index is -3.26. The molecule has 1 N–H and O–H groups in total. The maximum absolute atomic E-state index is 11.9. The molecule has 0 unspecified atom stereocenters. The third kappa shape index (κ3) is 4.14. The van der Waals surface area contributed by atoms with Crippen molar-refractivity contribution in [2.45, 2.75) is 0 Å². The number of carboxylic acid groups (broad SMARTS) is 1. The topological polar surface area (TPSA) is 81.2 Å². The highest BCUT2D eigenvalue weighted by Crippen LogP contribution is 2.08. The standard InChI is InChI=1S/C9H19N3O4S/c1-10(2)7-8-17(15,16)12-5-3-11(4-6-12)9(13)14/h3-8H2,1-2H3,(H,13,14). The highest BCUT2D eigenvalue weighted by atomic mass is 32.2. The molecule has 0 aromatic rings. The van der Waals surface area contributed by atoms with Crippen molar-refractivity contribution in [2.24, 2.45) is 0 Å². The Morgan fingerprint density at radius 1 is 1.24 bits per heavy atom. The Balaban J connectivity index is 2.50. The van der Waals surface area contributed by atoms with Gasteiger partial charge in [0.15, 0.2) is 0 Å². The van der Waals surface area contributed by atoms with E-state index in [1.54, 1.807) is 0 Å². The summed E-state index contributed by atoms with van der Waals surface area (Å²) >= 11 is 0. The lowest BCUT2D eigenvalue weighted by Crippen LogP contribution is -2.51. The molecule has 1 saturated heterocycles. The molecule has 0 aliphatic carbocycles. The lowest BCUT2D eigenvalue weighted by atomic mass is 10.4. The number of sulfonamides is 1. The van der Waals surface area contributed by atoms with Gasteiger partial charge in [-0.05, 0) is 14.1 Å². The molecule has 0 spiro atoms. The van der Waals surface area contributed by atoms with E-state index in [1.807, 2.05) is 19.0 Å². The third-order valence-corrected chi connectivity index (χ3v) is 4.55. The zero-order valence-corrected chi connectivity index (χ0v) is 11.0. The summed E-state index contributed by atoms with van der Waals surface area (Å²) in [6.45, 7) is 1.47. The van der Waals surface area contributed by atoms with Gasteiger partial charge < -0.3 is 14.9 Å². The Morgan fingerprint density at radius 3 is 2.18 bits per heavy atom. The SMILES string of the molecule is CN(C)CCS(=O)(=O)N1CCN(C(=O)O)CC1. The van der Waals surface area contributed by atoms with E-state index in [4.69, 9.17) is 5.11 Å². The summed E-state index contributed by atoms with van der Waals surface area (Å²) in [6.07, 6.45) is -0.990. The van der Waals surface area contributed by atoms with E-state index in [9.17, 15) is 13.2 Å². The molecule has 100 valence electrons. The first kappa shape index (κ1) is 14.2. The molecule has 0 saturated carbocycles. The number of rotatable bonds is 4. The van der Waals surface area contributed by atoms with Crippen LogP contribution in [0.5, 0.6) is 0 Å². The smallest absolute Gasteiger partial charge is 0.407 e. The Morgan fingerprint density at radius 2 is 1.76 bits per heavy atom. The van der Waals surface area contributed by atoms with Gasteiger partial charge in [-0.25, -0.2) is 13.2 Å². The van der Waals surface area contributed by atoms with Crippen molar-refractivity contribution in [3.63, 3.8) is 0 Å². The van der Waals surface area contributed by atoms with Crippen LogP contribution >= 0.6 is 0 Å². The summed E-state index contributed by atoms with van der Waals surface area (Å²) in [5.74, 6) is 0.0765. The molecule has 8 heteroatoms. The molecule has 7 nitrogen and oxygen atoms in total. The van der Waals surface area contributed by atoms with Crippen molar-refractivity contribution in [3.05, 3.63) is 0 Å². The van der Waals surface area contributed by atoms with Crippen LogP contribution in [0.4, 0.5) is 4.79 Å². The summed E-state index contributed by atoms with van der Waals surface area (Å²) < 4.78 is 25.2. The van der Waals surface area contributed by atoms with Crippen molar-refractivity contribution in [3.8, 4) is 0 Å². The summed E-state index contributed by atoms with van der Waals surface area (Å²) in [5, 5.41) is 8.75. The largest absolute Gasteiger partial charge is 0.465 e. The molecule has 0 atom stereocenters. The van der Waals surface area contributed by atoms with Crippen molar-refractivity contribution in [2.75, 3.05) is 52.6 Å². The van der Waals surface area contributed by atoms with Crippen LogP contribution in [-0.4, -0.2) is 86.3 Å². The van der Waals surface area contributed by atoms with Gasteiger partial charge >= 0.3 is 6.09 Å².